The molecule has 0 aromatic heterocycles. The zero-order valence-electron chi connectivity index (χ0n) is 15.5. The van der Waals surface area contributed by atoms with E-state index in [0.717, 1.165) is 4.31 Å². The SMILES string of the molecule is CC(C)C[C@H](C(=O)NO)N(Cc1ccc(F)cc1)S(=O)(=O)c1ccc(O)cc1. The summed E-state index contributed by atoms with van der Waals surface area (Å²) < 4.78 is 40.7. The van der Waals surface area contributed by atoms with Gasteiger partial charge >= 0.3 is 0 Å². The van der Waals surface area contributed by atoms with Gasteiger partial charge in [0.15, 0.2) is 0 Å². The van der Waals surface area contributed by atoms with E-state index < -0.39 is 27.8 Å². The van der Waals surface area contributed by atoms with Crippen molar-refractivity contribution >= 4 is 15.9 Å². The lowest BCUT2D eigenvalue weighted by Gasteiger charge is -2.30. The second kappa shape index (κ2) is 9.13. The van der Waals surface area contributed by atoms with Gasteiger partial charge in [-0.2, -0.15) is 4.31 Å². The van der Waals surface area contributed by atoms with Gasteiger partial charge in [-0.15, -0.1) is 0 Å². The van der Waals surface area contributed by atoms with Gasteiger partial charge in [-0.3, -0.25) is 10.0 Å². The minimum Gasteiger partial charge on any atom is -0.508 e. The molecule has 0 heterocycles. The highest BCUT2D eigenvalue weighted by Crippen LogP contribution is 2.26. The number of benzene rings is 2. The Hall–Kier alpha value is -2.49. The molecule has 3 N–H and O–H groups in total. The molecule has 2 aromatic carbocycles. The van der Waals surface area contributed by atoms with E-state index in [0.29, 0.717) is 5.56 Å². The molecule has 2 aromatic rings. The van der Waals surface area contributed by atoms with Crippen molar-refractivity contribution < 1.29 is 27.9 Å². The minimum absolute atomic E-state index is 0.0481. The number of hydrogen-bond donors (Lipinski definition) is 3. The number of halogens is 1. The molecule has 1 amide bonds. The summed E-state index contributed by atoms with van der Waals surface area (Å²) >= 11 is 0. The zero-order chi connectivity index (χ0) is 20.9. The monoisotopic (exact) mass is 410 g/mol. The molecular weight excluding hydrogens is 387 g/mol. The third-order valence-corrected chi connectivity index (χ3v) is 6.02. The van der Waals surface area contributed by atoms with Crippen molar-refractivity contribution in [1.82, 2.24) is 9.79 Å². The maximum Gasteiger partial charge on any atom is 0.261 e. The summed E-state index contributed by atoms with van der Waals surface area (Å²) in [4.78, 5) is 12.2. The molecule has 152 valence electrons. The number of rotatable bonds is 8. The van der Waals surface area contributed by atoms with E-state index in [1.54, 1.807) is 0 Å². The molecule has 0 bridgehead atoms. The van der Waals surface area contributed by atoms with Crippen molar-refractivity contribution in [3.63, 3.8) is 0 Å². The van der Waals surface area contributed by atoms with Crippen LogP contribution < -0.4 is 5.48 Å². The third kappa shape index (κ3) is 5.28. The van der Waals surface area contributed by atoms with Gasteiger partial charge in [-0.05, 0) is 54.3 Å². The molecule has 0 fully saturated rings. The summed E-state index contributed by atoms with van der Waals surface area (Å²) in [5, 5.41) is 18.6. The number of nitrogens with zero attached hydrogens (tertiary/aromatic N) is 1. The molecule has 0 saturated carbocycles. The molecule has 0 aliphatic carbocycles. The van der Waals surface area contributed by atoms with E-state index in [9.17, 15) is 22.7 Å². The average Bonchev–Trinajstić information content (AvgIpc) is 2.65. The fourth-order valence-electron chi connectivity index (χ4n) is 2.76. The summed E-state index contributed by atoms with van der Waals surface area (Å²) in [7, 11) is -4.17. The van der Waals surface area contributed by atoms with Gasteiger partial charge in [0.05, 0.1) is 4.90 Å². The van der Waals surface area contributed by atoms with Crippen LogP contribution in [0.2, 0.25) is 0 Å². The Kier molecular flexibility index (Phi) is 7.11. The Morgan fingerprint density at radius 2 is 1.68 bits per heavy atom. The highest BCUT2D eigenvalue weighted by molar-refractivity contribution is 7.89. The summed E-state index contributed by atoms with van der Waals surface area (Å²) in [6.07, 6.45) is 0.158. The molecule has 0 aliphatic rings. The van der Waals surface area contributed by atoms with Crippen LogP contribution in [0.5, 0.6) is 5.75 Å². The van der Waals surface area contributed by atoms with Crippen LogP contribution in [-0.2, 0) is 21.4 Å². The molecule has 0 unspecified atom stereocenters. The van der Waals surface area contributed by atoms with Crippen LogP contribution in [0.1, 0.15) is 25.8 Å². The molecule has 9 heteroatoms. The van der Waals surface area contributed by atoms with Crippen molar-refractivity contribution in [3.8, 4) is 5.75 Å². The van der Waals surface area contributed by atoms with Crippen molar-refractivity contribution in [2.45, 2.75) is 37.8 Å². The first-order chi connectivity index (χ1) is 13.1. The van der Waals surface area contributed by atoms with E-state index in [1.165, 1.54) is 54.0 Å². The van der Waals surface area contributed by atoms with E-state index in [1.807, 2.05) is 13.8 Å². The summed E-state index contributed by atoms with van der Waals surface area (Å²) in [5.74, 6) is -1.48. The molecule has 28 heavy (non-hydrogen) atoms. The molecule has 0 saturated heterocycles. The highest BCUT2D eigenvalue weighted by Gasteiger charge is 2.36. The first-order valence-corrected chi connectivity index (χ1v) is 10.1. The van der Waals surface area contributed by atoms with Gasteiger partial charge < -0.3 is 5.11 Å². The zero-order valence-corrected chi connectivity index (χ0v) is 16.4. The average molecular weight is 410 g/mol. The Labute approximate surface area is 163 Å². The Bertz CT molecular complexity index is 899. The van der Waals surface area contributed by atoms with Crippen molar-refractivity contribution in [3.05, 3.63) is 59.9 Å². The quantitative estimate of drug-likeness (QED) is 0.458. The fourth-order valence-corrected chi connectivity index (χ4v) is 4.35. The van der Waals surface area contributed by atoms with E-state index in [4.69, 9.17) is 5.21 Å². The van der Waals surface area contributed by atoms with Crippen LogP contribution in [0.15, 0.2) is 53.4 Å². The lowest BCUT2D eigenvalue weighted by atomic mass is 10.0. The van der Waals surface area contributed by atoms with E-state index >= 15 is 0 Å². The Balaban J connectivity index is 2.53. The molecule has 0 radical (unpaired) electrons. The number of carbonyl (C=O) groups excluding carboxylic acids is 1. The molecule has 7 nitrogen and oxygen atoms in total. The normalized spacial score (nSPS) is 12.9. The summed E-state index contributed by atoms with van der Waals surface area (Å²) in [6, 6.07) is 8.98. The first-order valence-electron chi connectivity index (χ1n) is 8.64. The van der Waals surface area contributed by atoms with Crippen LogP contribution in [0, 0.1) is 11.7 Å². The number of aromatic hydroxyl groups is 1. The van der Waals surface area contributed by atoms with Crippen molar-refractivity contribution in [2.24, 2.45) is 5.92 Å². The van der Waals surface area contributed by atoms with Gasteiger partial charge in [0, 0.05) is 6.54 Å². The van der Waals surface area contributed by atoms with Gasteiger partial charge in [-0.25, -0.2) is 18.3 Å². The number of carbonyl (C=O) groups is 1. The molecule has 1 atom stereocenters. The van der Waals surface area contributed by atoms with Crippen LogP contribution in [0.4, 0.5) is 4.39 Å². The number of phenols is 1. The highest BCUT2D eigenvalue weighted by atomic mass is 32.2. The van der Waals surface area contributed by atoms with Crippen LogP contribution in [0.3, 0.4) is 0 Å². The van der Waals surface area contributed by atoms with E-state index in [-0.39, 0.29) is 29.5 Å². The van der Waals surface area contributed by atoms with Gasteiger partial charge in [-0.1, -0.05) is 26.0 Å². The summed E-state index contributed by atoms with van der Waals surface area (Å²) in [6.45, 7) is 3.44. The number of nitrogens with one attached hydrogen (secondary N) is 1. The number of hydrogen-bond acceptors (Lipinski definition) is 5. The largest absolute Gasteiger partial charge is 0.508 e. The van der Waals surface area contributed by atoms with Gasteiger partial charge in [0.1, 0.15) is 17.6 Å². The predicted octanol–water partition coefficient (Wildman–Crippen LogP) is 2.64. The number of sulfonamides is 1. The standard InChI is InChI=1S/C19H23FN2O5S/c1-13(2)11-18(19(24)21-25)22(12-14-3-5-15(20)6-4-14)28(26,27)17-9-7-16(23)8-10-17/h3-10,13,18,23,25H,11-12H2,1-2H3,(H,21,24)/t18-/m1/s1. The van der Waals surface area contributed by atoms with Gasteiger partial charge in [0.25, 0.3) is 5.91 Å². The smallest absolute Gasteiger partial charge is 0.261 e. The number of phenolic OH excluding ortho intramolecular Hbond substituents is 1. The maximum absolute atomic E-state index is 13.3. The lowest BCUT2D eigenvalue weighted by Crippen LogP contribution is -2.49. The molecular formula is C19H23FN2O5S. The van der Waals surface area contributed by atoms with Crippen molar-refractivity contribution in [1.29, 1.82) is 0 Å². The second-order valence-electron chi connectivity index (χ2n) is 6.79. The molecule has 0 spiro atoms. The third-order valence-electron chi connectivity index (χ3n) is 4.15. The Morgan fingerprint density at radius 3 is 2.18 bits per heavy atom. The van der Waals surface area contributed by atoms with Crippen LogP contribution in [-0.4, -0.2) is 35.0 Å². The number of hydroxylamine groups is 1. The minimum atomic E-state index is -4.17. The van der Waals surface area contributed by atoms with Crippen LogP contribution >= 0.6 is 0 Å². The van der Waals surface area contributed by atoms with Crippen molar-refractivity contribution in [2.75, 3.05) is 0 Å². The lowest BCUT2D eigenvalue weighted by molar-refractivity contribution is -0.133. The predicted molar refractivity (Wildman–Crippen MR) is 100 cm³/mol. The van der Waals surface area contributed by atoms with Gasteiger partial charge in [0.2, 0.25) is 10.0 Å². The summed E-state index contributed by atoms with van der Waals surface area (Å²) in [5.41, 5.74) is 2.01. The molecule has 0 aliphatic heterocycles. The first kappa shape index (κ1) is 21.8. The number of amides is 1. The topological polar surface area (TPSA) is 107 Å². The van der Waals surface area contributed by atoms with Crippen LogP contribution in [0.25, 0.3) is 0 Å². The van der Waals surface area contributed by atoms with E-state index in [2.05, 4.69) is 0 Å². The maximum atomic E-state index is 13.3. The molecule has 2 rings (SSSR count). The Morgan fingerprint density at radius 1 is 1.11 bits per heavy atom. The second-order valence-corrected chi connectivity index (χ2v) is 8.68. The fraction of sp³-hybridized carbons (Fsp3) is 0.316.